The monoisotopic (exact) mass is 403 g/mol. The molecule has 1 amide bonds. The molecule has 1 atom stereocenters. The van der Waals surface area contributed by atoms with Crippen LogP contribution in [0.5, 0.6) is 0 Å². The van der Waals surface area contributed by atoms with Crippen LogP contribution < -0.4 is 15.8 Å². The Morgan fingerprint density at radius 1 is 1.00 bits per heavy atom. The van der Waals surface area contributed by atoms with Gasteiger partial charge < -0.3 is 19.9 Å². The predicted octanol–water partition coefficient (Wildman–Crippen LogP) is 3.37. The van der Waals surface area contributed by atoms with Gasteiger partial charge in [-0.15, -0.1) is 0 Å². The number of nitrogens with zero attached hydrogens (tertiary/aromatic N) is 1. The summed E-state index contributed by atoms with van der Waals surface area (Å²) in [7, 11) is 0. The zero-order valence-electron chi connectivity index (χ0n) is 16.9. The second-order valence-electron chi connectivity index (χ2n) is 7.37. The quantitative estimate of drug-likeness (QED) is 0.685. The third-order valence-corrected chi connectivity index (χ3v) is 5.36. The Morgan fingerprint density at radius 3 is 2.37 bits per heavy atom. The van der Waals surface area contributed by atoms with E-state index in [-0.39, 0.29) is 17.5 Å². The molecular weight excluding hydrogens is 378 g/mol. The van der Waals surface area contributed by atoms with Gasteiger partial charge in [-0.05, 0) is 42.3 Å². The molecule has 1 saturated heterocycles. The lowest BCUT2D eigenvalue weighted by atomic mass is 10.1. The van der Waals surface area contributed by atoms with Crippen molar-refractivity contribution in [3.8, 4) is 11.3 Å². The van der Waals surface area contributed by atoms with Crippen LogP contribution in [0.2, 0.25) is 0 Å². The molecule has 2 N–H and O–H groups in total. The number of pyridine rings is 1. The zero-order chi connectivity index (χ0) is 20.9. The lowest BCUT2D eigenvalue weighted by Gasteiger charge is -2.29. The van der Waals surface area contributed by atoms with Crippen LogP contribution in [0.3, 0.4) is 0 Å². The smallest absolute Gasteiger partial charge is 0.261 e. The van der Waals surface area contributed by atoms with Gasteiger partial charge in [-0.25, -0.2) is 0 Å². The Morgan fingerprint density at radius 2 is 1.70 bits per heavy atom. The number of amides is 1. The van der Waals surface area contributed by atoms with Gasteiger partial charge >= 0.3 is 0 Å². The number of carbonyl (C=O) groups excluding carboxylic acids is 1. The number of rotatable bonds is 5. The number of anilines is 1. The van der Waals surface area contributed by atoms with Gasteiger partial charge in [0.2, 0.25) is 0 Å². The number of nitrogens with one attached hydrogen (secondary N) is 2. The minimum Gasteiger partial charge on any atom is -0.378 e. The van der Waals surface area contributed by atoms with E-state index in [1.807, 2.05) is 49.4 Å². The molecular formula is C24H25N3O3. The van der Waals surface area contributed by atoms with Crippen LogP contribution in [0.15, 0.2) is 71.5 Å². The number of H-pyrrole nitrogens is 1. The largest absolute Gasteiger partial charge is 0.378 e. The lowest BCUT2D eigenvalue weighted by molar-refractivity contribution is 0.0938. The van der Waals surface area contributed by atoms with Crippen molar-refractivity contribution in [1.82, 2.24) is 10.3 Å². The summed E-state index contributed by atoms with van der Waals surface area (Å²) in [5.41, 5.74) is 3.42. The van der Waals surface area contributed by atoms with Crippen LogP contribution in [0, 0.1) is 0 Å². The molecule has 2 heterocycles. The Kier molecular flexibility index (Phi) is 5.95. The highest BCUT2D eigenvalue weighted by Crippen LogP contribution is 2.20. The van der Waals surface area contributed by atoms with Crippen LogP contribution in [-0.4, -0.2) is 37.2 Å². The number of aromatic amines is 1. The third kappa shape index (κ3) is 4.44. The molecule has 30 heavy (non-hydrogen) atoms. The van der Waals surface area contributed by atoms with Gasteiger partial charge in [-0.2, -0.15) is 0 Å². The second-order valence-corrected chi connectivity index (χ2v) is 7.37. The Balaban J connectivity index is 1.43. The average molecular weight is 403 g/mol. The summed E-state index contributed by atoms with van der Waals surface area (Å²) in [4.78, 5) is 30.2. The average Bonchev–Trinajstić information content (AvgIpc) is 2.80. The molecule has 0 spiro atoms. The molecule has 2 aromatic carbocycles. The number of ether oxygens (including phenoxy) is 1. The van der Waals surface area contributed by atoms with Crippen molar-refractivity contribution in [2.45, 2.75) is 13.0 Å². The summed E-state index contributed by atoms with van der Waals surface area (Å²) < 4.78 is 5.39. The summed E-state index contributed by atoms with van der Waals surface area (Å²) in [6.45, 7) is 5.16. The van der Waals surface area contributed by atoms with E-state index in [1.54, 1.807) is 12.1 Å². The van der Waals surface area contributed by atoms with Gasteiger partial charge in [-0.3, -0.25) is 9.59 Å². The molecule has 1 aromatic heterocycles. The van der Waals surface area contributed by atoms with Gasteiger partial charge in [0, 0.05) is 24.5 Å². The molecule has 4 rings (SSSR count). The second kappa shape index (κ2) is 8.97. The highest BCUT2D eigenvalue weighted by Gasteiger charge is 2.16. The Labute approximate surface area is 175 Å². The molecule has 1 unspecified atom stereocenters. The summed E-state index contributed by atoms with van der Waals surface area (Å²) in [5, 5.41) is 2.92. The van der Waals surface area contributed by atoms with E-state index in [0.29, 0.717) is 5.69 Å². The number of hydrogen-bond acceptors (Lipinski definition) is 4. The SMILES string of the molecule is CC(NC(=O)c1ccc(-c2ccccc2)[nH]c1=O)c1ccc(N2CCOCC2)cc1. The highest BCUT2D eigenvalue weighted by molar-refractivity contribution is 5.94. The minimum atomic E-state index is -0.399. The highest BCUT2D eigenvalue weighted by atomic mass is 16.5. The van der Waals surface area contributed by atoms with Crippen LogP contribution >= 0.6 is 0 Å². The van der Waals surface area contributed by atoms with Gasteiger partial charge in [0.05, 0.1) is 19.3 Å². The number of carbonyl (C=O) groups is 1. The van der Waals surface area contributed by atoms with Crippen molar-refractivity contribution in [1.29, 1.82) is 0 Å². The van der Waals surface area contributed by atoms with Gasteiger partial charge in [-0.1, -0.05) is 42.5 Å². The molecule has 154 valence electrons. The van der Waals surface area contributed by atoms with Gasteiger partial charge in [0.15, 0.2) is 0 Å². The molecule has 6 heteroatoms. The minimum absolute atomic E-state index is 0.103. The summed E-state index contributed by atoms with van der Waals surface area (Å²) >= 11 is 0. The van der Waals surface area contributed by atoms with Crippen molar-refractivity contribution in [3.63, 3.8) is 0 Å². The molecule has 1 aliphatic rings. The molecule has 1 aliphatic heterocycles. The molecule has 1 fully saturated rings. The standard InChI is InChI=1S/C24H25N3O3/c1-17(18-7-9-20(10-8-18)27-13-15-30-16-14-27)25-23(28)21-11-12-22(26-24(21)29)19-5-3-2-4-6-19/h2-12,17H,13-16H2,1H3,(H,25,28)(H,26,29). The van der Waals surface area contributed by atoms with Gasteiger partial charge in [0.25, 0.3) is 11.5 Å². The van der Waals surface area contributed by atoms with E-state index in [0.717, 1.165) is 43.1 Å². The van der Waals surface area contributed by atoms with Crippen LogP contribution in [0.4, 0.5) is 5.69 Å². The Bertz CT molecular complexity index is 1060. The maximum Gasteiger partial charge on any atom is 0.261 e. The van der Waals surface area contributed by atoms with Crippen LogP contribution in [0.25, 0.3) is 11.3 Å². The first kappa shape index (κ1) is 19.9. The predicted molar refractivity (Wildman–Crippen MR) is 118 cm³/mol. The third-order valence-electron chi connectivity index (χ3n) is 5.36. The fourth-order valence-electron chi connectivity index (χ4n) is 3.59. The van der Waals surface area contributed by atoms with E-state index in [4.69, 9.17) is 4.74 Å². The Hall–Kier alpha value is -3.38. The maximum absolute atomic E-state index is 12.7. The number of benzene rings is 2. The van der Waals surface area contributed by atoms with Crippen LogP contribution in [0.1, 0.15) is 28.9 Å². The van der Waals surface area contributed by atoms with Crippen molar-refractivity contribution in [3.05, 3.63) is 88.2 Å². The lowest BCUT2D eigenvalue weighted by Crippen LogP contribution is -2.36. The van der Waals surface area contributed by atoms with E-state index in [2.05, 4.69) is 27.3 Å². The van der Waals surface area contributed by atoms with Crippen molar-refractivity contribution < 1.29 is 9.53 Å². The molecule has 0 saturated carbocycles. The van der Waals surface area contributed by atoms with E-state index in [1.165, 1.54) is 0 Å². The topological polar surface area (TPSA) is 74.4 Å². The first-order valence-corrected chi connectivity index (χ1v) is 10.1. The molecule has 0 aliphatic carbocycles. The maximum atomic E-state index is 12.7. The summed E-state index contributed by atoms with van der Waals surface area (Å²) in [6, 6.07) is 20.8. The molecule has 0 radical (unpaired) electrons. The fraction of sp³-hybridized carbons (Fsp3) is 0.250. The summed E-state index contributed by atoms with van der Waals surface area (Å²) in [5.74, 6) is -0.388. The van der Waals surface area contributed by atoms with E-state index in [9.17, 15) is 9.59 Å². The van der Waals surface area contributed by atoms with Crippen molar-refractivity contribution in [2.24, 2.45) is 0 Å². The first-order chi connectivity index (χ1) is 14.6. The number of hydrogen-bond donors (Lipinski definition) is 2. The number of aromatic nitrogens is 1. The zero-order valence-corrected chi connectivity index (χ0v) is 16.9. The number of morpholine rings is 1. The fourth-order valence-corrected chi connectivity index (χ4v) is 3.59. The van der Waals surface area contributed by atoms with E-state index >= 15 is 0 Å². The molecule has 0 bridgehead atoms. The van der Waals surface area contributed by atoms with E-state index < -0.39 is 5.56 Å². The van der Waals surface area contributed by atoms with Crippen molar-refractivity contribution >= 4 is 11.6 Å². The first-order valence-electron chi connectivity index (χ1n) is 10.1. The normalized spacial score (nSPS) is 14.9. The summed E-state index contributed by atoms with van der Waals surface area (Å²) in [6.07, 6.45) is 0. The molecule has 3 aromatic rings. The van der Waals surface area contributed by atoms with Crippen molar-refractivity contribution in [2.75, 3.05) is 31.2 Å². The van der Waals surface area contributed by atoms with Crippen LogP contribution in [-0.2, 0) is 4.74 Å². The van der Waals surface area contributed by atoms with Gasteiger partial charge in [0.1, 0.15) is 5.56 Å². The molecule has 6 nitrogen and oxygen atoms in total.